The molecule has 0 unspecified atom stereocenters. The highest BCUT2D eigenvalue weighted by Crippen LogP contribution is 2.27. The summed E-state index contributed by atoms with van der Waals surface area (Å²) >= 11 is 0. The Labute approximate surface area is 118 Å². The van der Waals surface area contributed by atoms with Gasteiger partial charge in [-0.2, -0.15) is 4.31 Å². The lowest BCUT2D eigenvalue weighted by Gasteiger charge is -2.17. The SMILES string of the molecule is CNC[C@@H]1CCN(S(=O)(=O)c2ccc(OC)c(F)c2)C1. The van der Waals surface area contributed by atoms with Gasteiger partial charge in [0.15, 0.2) is 11.6 Å². The number of halogens is 1. The van der Waals surface area contributed by atoms with Crippen LogP contribution in [0.4, 0.5) is 4.39 Å². The molecule has 0 aliphatic carbocycles. The van der Waals surface area contributed by atoms with Gasteiger partial charge in [-0.15, -0.1) is 0 Å². The summed E-state index contributed by atoms with van der Waals surface area (Å²) in [6.07, 6.45) is 0.818. The Morgan fingerprint density at radius 2 is 2.25 bits per heavy atom. The van der Waals surface area contributed by atoms with Crippen molar-refractivity contribution in [3.63, 3.8) is 0 Å². The second-order valence-corrected chi connectivity index (χ2v) is 6.81. The zero-order valence-electron chi connectivity index (χ0n) is 11.6. The van der Waals surface area contributed by atoms with E-state index in [-0.39, 0.29) is 10.6 Å². The van der Waals surface area contributed by atoms with Crippen LogP contribution in [-0.2, 0) is 10.0 Å². The lowest BCUT2D eigenvalue weighted by Crippen LogP contribution is -2.30. The van der Waals surface area contributed by atoms with Gasteiger partial charge >= 0.3 is 0 Å². The highest BCUT2D eigenvalue weighted by atomic mass is 32.2. The third kappa shape index (κ3) is 2.94. The molecule has 0 amide bonds. The van der Waals surface area contributed by atoms with Crippen LogP contribution in [0.2, 0.25) is 0 Å². The minimum absolute atomic E-state index is 0.0269. The largest absolute Gasteiger partial charge is 0.494 e. The molecule has 1 aliphatic rings. The Balaban J connectivity index is 2.21. The Hall–Kier alpha value is -1.18. The molecule has 0 bridgehead atoms. The van der Waals surface area contributed by atoms with Gasteiger partial charge < -0.3 is 10.1 Å². The molecule has 7 heteroatoms. The van der Waals surface area contributed by atoms with E-state index in [0.717, 1.165) is 19.0 Å². The molecule has 1 atom stereocenters. The summed E-state index contributed by atoms with van der Waals surface area (Å²) in [6.45, 7) is 1.72. The van der Waals surface area contributed by atoms with Gasteiger partial charge in [0, 0.05) is 13.1 Å². The molecule has 20 heavy (non-hydrogen) atoms. The van der Waals surface area contributed by atoms with E-state index < -0.39 is 15.8 Å². The predicted octanol–water partition coefficient (Wildman–Crippen LogP) is 1.06. The summed E-state index contributed by atoms with van der Waals surface area (Å²) in [5.41, 5.74) is 0. The van der Waals surface area contributed by atoms with Crippen molar-refractivity contribution in [3.05, 3.63) is 24.0 Å². The van der Waals surface area contributed by atoms with Crippen molar-refractivity contribution in [2.75, 3.05) is 33.8 Å². The maximum absolute atomic E-state index is 13.6. The molecular formula is C13H19FN2O3S. The first kappa shape index (κ1) is 15.2. The van der Waals surface area contributed by atoms with E-state index in [4.69, 9.17) is 4.74 Å². The molecule has 0 radical (unpaired) electrons. The molecule has 1 saturated heterocycles. The highest BCUT2D eigenvalue weighted by Gasteiger charge is 2.32. The minimum atomic E-state index is -3.63. The fourth-order valence-corrected chi connectivity index (χ4v) is 3.97. The number of ether oxygens (including phenoxy) is 1. The molecule has 2 rings (SSSR count). The number of methoxy groups -OCH3 is 1. The Morgan fingerprint density at radius 1 is 1.50 bits per heavy atom. The summed E-state index contributed by atoms with van der Waals surface area (Å²) in [5.74, 6) is -0.323. The second-order valence-electron chi connectivity index (χ2n) is 4.87. The molecule has 0 saturated carbocycles. The zero-order valence-corrected chi connectivity index (χ0v) is 12.4. The first-order chi connectivity index (χ1) is 9.48. The fourth-order valence-electron chi connectivity index (χ4n) is 2.43. The fraction of sp³-hybridized carbons (Fsp3) is 0.538. The van der Waals surface area contributed by atoms with E-state index >= 15 is 0 Å². The maximum atomic E-state index is 13.6. The van der Waals surface area contributed by atoms with Gasteiger partial charge in [0.2, 0.25) is 10.0 Å². The summed E-state index contributed by atoms with van der Waals surface area (Å²) < 4.78 is 44.7. The molecule has 1 N–H and O–H groups in total. The topological polar surface area (TPSA) is 58.6 Å². The van der Waals surface area contributed by atoms with Gasteiger partial charge in [0.05, 0.1) is 12.0 Å². The van der Waals surface area contributed by atoms with Gasteiger partial charge in [-0.25, -0.2) is 12.8 Å². The second kappa shape index (κ2) is 6.07. The van der Waals surface area contributed by atoms with Crippen molar-refractivity contribution in [2.45, 2.75) is 11.3 Å². The van der Waals surface area contributed by atoms with Crippen LogP contribution in [0.5, 0.6) is 5.75 Å². The number of hydrogen-bond donors (Lipinski definition) is 1. The van der Waals surface area contributed by atoms with Crippen molar-refractivity contribution in [1.29, 1.82) is 0 Å². The van der Waals surface area contributed by atoms with E-state index in [1.807, 2.05) is 7.05 Å². The number of sulfonamides is 1. The Morgan fingerprint density at radius 3 is 2.85 bits per heavy atom. The Kier molecular flexibility index (Phi) is 4.62. The first-order valence-corrected chi connectivity index (χ1v) is 7.91. The van der Waals surface area contributed by atoms with E-state index in [9.17, 15) is 12.8 Å². The average Bonchev–Trinajstić information content (AvgIpc) is 2.88. The van der Waals surface area contributed by atoms with Crippen LogP contribution in [0.3, 0.4) is 0 Å². The van der Waals surface area contributed by atoms with Crippen LogP contribution in [0, 0.1) is 11.7 Å². The van der Waals surface area contributed by atoms with Crippen molar-refractivity contribution < 1.29 is 17.5 Å². The van der Waals surface area contributed by atoms with Gasteiger partial charge in [-0.3, -0.25) is 0 Å². The predicted molar refractivity (Wildman–Crippen MR) is 73.7 cm³/mol. The van der Waals surface area contributed by atoms with E-state index in [0.29, 0.717) is 19.0 Å². The lowest BCUT2D eigenvalue weighted by atomic mass is 10.1. The van der Waals surface area contributed by atoms with Crippen LogP contribution in [-0.4, -0.2) is 46.5 Å². The number of hydrogen-bond acceptors (Lipinski definition) is 4. The number of rotatable bonds is 5. The summed E-state index contributed by atoms with van der Waals surface area (Å²) in [5, 5.41) is 3.05. The molecule has 112 valence electrons. The highest BCUT2D eigenvalue weighted by molar-refractivity contribution is 7.89. The van der Waals surface area contributed by atoms with Crippen molar-refractivity contribution >= 4 is 10.0 Å². The van der Waals surface area contributed by atoms with Gasteiger partial charge in [0.1, 0.15) is 0 Å². The molecule has 1 aromatic carbocycles. The maximum Gasteiger partial charge on any atom is 0.243 e. The molecular weight excluding hydrogens is 283 g/mol. The van der Waals surface area contributed by atoms with Crippen molar-refractivity contribution in [1.82, 2.24) is 9.62 Å². The normalized spacial score (nSPS) is 20.2. The summed E-state index contributed by atoms with van der Waals surface area (Å²) in [4.78, 5) is -0.0269. The van der Waals surface area contributed by atoms with Crippen LogP contribution in [0.1, 0.15) is 6.42 Å². The van der Waals surface area contributed by atoms with Crippen LogP contribution < -0.4 is 10.1 Å². The number of nitrogens with zero attached hydrogens (tertiary/aromatic N) is 1. The number of nitrogens with one attached hydrogen (secondary N) is 1. The minimum Gasteiger partial charge on any atom is -0.494 e. The molecule has 0 spiro atoms. The first-order valence-electron chi connectivity index (χ1n) is 6.47. The third-order valence-corrected chi connectivity index (χ3v) is 5.36. The molecule has 0 aromatic heterocycles. The van der Waals surface area contributed by atoms with Crippen molar-refractivity contribution in [3.8, 4) is 5.75 Å². The monoisotopic (exact) mass is 302 g/mol. The quantitative estimate of drug-likeness (QED) is 0.884. The van der Waals surface area contributed by atoms with E-state index in [2.05, 4.69) is 5.32 Å². The van der Waals surface area contributed by atoms with E-state index in [1.165, 1.54) is 23.5 Å². The standard InChI is InChI=1S/C13H19FN2O3S/c1-15-8-10-5-6-16(9-10)20(17,18)11-3-4-13(19-2)12(14)7-11/h3-4,7,10,15H,5-6,8-9H2,1-2H3/t10-/m0/s1. The molecule has 1 heterocycles. The van der Waals surface area contributed by atoms with Crippen LogP contribution in [0.25, 0.3) is 0 Å². The van der Waals surface area contributed by atoms with Crippen LogP contribution in [0.15, 0.2) is 23.1 Å². The lowest BCUT2D eigenvalue weighted by molar-refractivity contribution is 0.385. The Bertz CT molecular complexity index is 577. The zero-order chi connectivity index (χ0) is 14.8. The van der Waals surface area contributed by atoms with Gasteiger partial charge in [-0.1, -0.05) is 0 Å². The molecule has 1 aromatic rings. The van der Waals surface area contributed by atoms with Crippen molar-refractivity contribution in [2.24, 2.45) is 5.92 Å². The van der Waals surface area contributed by atoms with Crippen LogP contribution >= 0.6 is 0 Å². The molecule has 5 nitrogen and oxygen atoms in total. The molecule has 1 aliphatic heterocycles. The summed E-state index contributed by atoms with van der Waals surface area (Å²) in [7, 11) is -0.441. The smallest absolute Gasteiger partial charge is 0.243 e. The molecule has 1 fully saturated rings. The average molecular weight is 302 g/mol. The van der Waals surface area contributed by atoms with E-state index in [1.54, 1.807) is 0 Å². The van der Waals surface area contributed by atoms with Gasteiger partial charge in [-0.05, 0) is 44.1 Å². The third-order valence-electron chi connectivity index (χ3n) is 3.50. The van der Waals surface area contributed by atoms with Gasteiger partial charge in [0.25, 0.3) is 0 Å². The number of benzene rings is 1. The summed E-state index contributed by atoms with van der Waals surface area (Å²) in [6, 6.07) is 3.73.